The molecule has 112 valence electrons. The molecule has 0 radical (unpaired) electrons. The summed E-state index contributed by atoms with van der Waals surface area (Å²) in [5.74, 6) is 0.536. The number of hydrogen-bond acceptors (Lipinski definition) is 3. The number of ether oxygens (including phenoxy) is 1. The molecule has 1 rings (SSSR count). The Kier molecular flexibility index (Phi) is 7.02. The van der Waals surface area contributed by atoms with E-state index in [0.717, 1.165) is 22.9 Å². The zero-order valence-electron chi connectivity index (χ0n) is 12.3. The molecule has 0 aliphatic carbocycles. The second-order valence-corrected chi connectivity index (χ2v) is 5.93. The van der Waals surface area contributed by atoms with E-state index >= 15 is 0 Å². The molecule has 1 amide bonds. The Balaban J connectivity index is 2.61. The Bertz CT molecular complexity index is 449. The molecule has 0 spiro atoms. The van der Waals surface area contributed by atoms with Gasteiger partial charge in [0.1, 0.15) is 5.75 Å². The Morgan fingerprint density at radius 2 is 2.15 bits per heavy atom. The first kappa shape index (κ1) is 17.0. The van der Waals surface area contributed by atoms with Crippen LogP contribution in [0.3, 0.4) is 0 Å². The third kappa shape index (κ3) is 5.51. The van der Waals surface area contributed by atoms with E-state index in [0.29, 0.717) is 5.75 Å². The number of amides is 1. The number of nitrogens with one attached hydrogen (secondary N) is 1. The SMILES string of the molecule is CCCC(C)NC(=O)COc1cc(Br)ccc1[C@H](C)N. The molecule has 4 nitrogen and oxygen atoms in total. The molecular formula is C15H23BrN2O2. The van der Waals surface area contributed by atoms with Crippen molar-refractivity contribution in [2.75, 3.05) is 6.61 Å². The van der Waals surface area contributed by atoms with E-state index in [4.69, 9.17) is 10.5 Å². The van der Waals surface area contributed by atoms with Gasteiger partial charge in [0.25, 0.3) is 5.91 Å². The van der Waals surface area contributed by atoms with Gasteiger partial charge in [-0.25, -0.2) is 0 Å². The average molecular weight is 343 g/mol. The third-order valence-corrected chi connectivity index (χ3v) is 3.45. The van der Waals surface area contributed by atoms with Gasteiger partial charge in [0, 0.05) is 22.1 Å². The standard InChI is InChI=1S/C15H23BrN2O2/c1-4-5-10(2)18-15(19)9-20-14-8-12(16)6-7-13(14)11(3)17/h6-8,10-11H,4-5,9,17H2,1-3H3,(H,18,19)/t10?,11-/m0/s1. The number of carbonyl (C=O) groups is 1. The molecule has 1 aromatic carbocycles. The van der Waals surface area contributed by atoms with Crippen molar-refractivity contribution in [1.82, 2.24) is 5.32 Å². The lowest BCUT2D eigenvalue weighted by atomic mass is 10.1. The summed E-state index contributed by atoms with van der Waals surface area (Å²) in [5, 5.41) is 2.91. The van der Waals surface area contributed by atoms with Crippen LogP contribution in [0.2, 0.25) is 0 Å². The normalized spacial score (nSPS) is 13.7. The second kappa shape index (κ2) is 8.27. The fraction of sp³-hybridized carbons (Fsp3) is 0.533. The fourth-order valence-electron chi connectivity index (χ4n) is 1.97. The number of carbonyl (C=O) groups excluding carboxylic acids is 1. The van der Waals surface area contributed by atoms with Crippen LogP contribution in [0.1, 0.15) is 45.2 Å². The van der Waals surface area contributed by atoms with E-state index in [2.05, 4.69) is 28.2 Å². The fourth-order valence-corrected chi connectivity index (χ4v) is 2.31. The minimum atomic E-state index is -0.139. The number of benzene rings is 1. The number of halogens is 1. The molecule has 0 aliphatic rings. The Hall–Kier alpha value is -1.07. The minimum absolute atomic E-state index is 0.00419. The zero-order chi connectivity index (χ0) is 15.1. The van der Waals surface area contributed by atoms with Gasteiger partial charge in [-0.15, -0.1) is 0 Å². The molecule has 20 heavy (non-hydrogen) atoms. The molecule has 1 aromatic rings. The summed E-state index contributed by atoms with van der Waals surface area (Å²) in [7, 11) is 0. The lowest BCUT2D eigenvalue weighted by Gasteiger charge is -2.16. The van der Waals surface area contributed by atoms with Crippen LogP contribution >= 0.6 is 15.9 Å². The summed E-state index contributed by atoms with van der Waals surface area (Å²) in [6.45, 7) is 5.98. The largest absolute Gasteiger partial charge is 0.483 e. The van der Waals surface area contributed by atoms with E-state index in [9.17, 15) is 4.79 Å². The van der Waals surface area contributed by atoms with Gasteiger partial charge in [-0.05, 0) is 32.4 Å². The van der Waals surface area contributed by atoms with E-state index in [1.165, 1.54) is 0 Å². The molecule has 0 aromatic heterocycles. The maximum absolute atomic E-state index is 11.8. The van der Waals surface area contributed by atoms with E-state index in [1.807, 2.05) is 32.0 Å². The molecule has 1 unspecified atom stereocenters. The highest BCUT2D eigenvalue weighted by Gasteiger charge is 2.12. The molecule has 3 N–H and O–H groups in total. The van der Waals surface area contributed by atoms with Crippen molar-refractivity contribution in [3.8, 4) is 5.75 Å². The summed E-state index contributed by atoms with van der Waals surface area (Å²) in [6.07, 6.45) is 2.01. The zero-order valence-corrected chi connectivity index (χ0v) is 13.9. The Morgan fingerprint density at radius 1 is 1.45 bits per heavy atom. The van der Waals surface area contributed by atoms with Gasteiger partial charge in [0.2, 0.25) is 0 Å². The van der Waals surface area contributed by atoms with Crippen molar-refractivity contribution in [2.45, 2.75) is 45.7 Å². The molecule has 0 bridgehead atoms. The van der Waals surface area contributed by atoms with Gasteiger partial charge < -0.3 is 15.8 Å². The predicted molar refractivity (Wildman–Crippen MR) is 84.8 cm³/mol. The van der Waals surface area contributed by atoms with Crippen LogP contribution in [0, 0.1) is 0 Å². The van der Waals surface area contributed by atoms with Crippen LogP contribution in [-0.4, -0.2) is 18.6 Å². The van der Waals surface area contributed by atoms with Crippen molar-refractivity contribution >= 4 is 21.8 Å². The molecule has 2 atom stereocenters. The summed E-state index contributed by atoms with van der Waals surface area (Å²) < 4.78 is 6.50. The smallest absolute Gasteiger partial charge is 0.258 e. The highest BCUT2D eigenvalue weighted by atomic mass is 79.9. The summed E-state index contributed by atoms with van der Waals surface area (Å²) in [4.78, 5) is 11.8. The number of hydrogen-bond donors (Lipinski definition) is 2. The quantitative estimate of drug-likeness (QED) is 0.799. The van der Waals surface area contributed by atoms with Crippen LogP contribution < -0.4 is 15.8 Å². The first-order valence-electron chi connectivity index (χ1n) is 6.91. The lowest BCUT2D eigenvalue weighted by Crippen LogP contribution is -2.36. The number of rotatable bonds is 7. The maximum Gasteiger partial charge on any atom is 0.258 e. The molecule has 0 saturated carbocycles. The Morgan fingerprint density at radius 3 is 2.75 bits per heavy atom. The molecular weight excluding hydrogens is 320 g/mol. The number of nitrogens with two attached hydrogens (primary N) is 1. The predicted octanol–water partition coefficient (Wildman–Crippen LogP) is 3.15. The molecule has 0 saturated heterocycles. The molecule has 0 heterocycles. The highest BCUT2D eigenvalue weighted by Crippen LogP contribution is 2.27. The summed E-state index contributed by atoms with van der Waals surface area (Å²) >= 11 is 3.39. The van der Waals surface area contributed by atoms with E-state index in [1.54, 1.807) is 0 Å². The van der Waals surface area contributed by atoms with Crippen molar-refractivity contribution in [3.05, 3.63) is 28.2 Å². The van der Waals surface area contributed by atoms with Crippen molar-refractivity contribution < 1.29 is 9.53 Å². The van der Waals surface area contributed by atoms with Crippen LogP contribution in [0.25, 0.3) is 0 Å². The third-order valence-electron chi connectivity index (χ3n) is 2.95. The molecule has 0 aliphatic heterocycles. The molecule has 0 fully saturated rings. The van der Waals surface area contributed by atoms with Crippen LogP contribution in [0.4, 0.5) is 0 Å². The van der Waals surface area contributed by atoms with Gasteiger partial charge in [-0.3, -0.25) is 4.79 Å². The lowest BCUT2D eigenvalue weighted by molar-refractivity contribution is -0.123. The van der Waals surface area contributed by atoms with Crippen molar-refractivity contribution in [2.24, 2.45) is 5.73 Å². The van der Waals surface area contributed by atoms with Gasteiger partial charge >= 0.3 is 0 Å². The summed E-state index contributed by atoms with van der Waals surface area (Å²) in [6, 6.07) is 5.68. The minimum Gasteiger partial charge on any atom is -0.483 e. The van der Waals surface area contributed by atoms with Crippen LogP contribution in [-0.2, 0) is 4.79 Å². The van der Waals surface area contributed by atoms with Gasteiger partial charge in [0.05, 0.1) is 0 Å². The maximum atomic E-state index is 11.8. The topological polar surface area (TPSA) is 64.3 Å². The first-order chi connectivity index (χ1) is 9.43. The first-order valence-corrected chi connectivity index (χ1v) is 7.70. The highest BCUT2D eigenvalue weighted by molar-refractivity contribution is 9.10. The summed E-state index contributed by atoms with van der Waals surface area (Å²) in [5.41, 5.74) is 6.79. The van der Waals surface area contributed by atoms with Crippen molar-refractivity contribution in [3.63, 3.8) is 0 Å². The molecule has 5 heteroatoms. The average Bonchev–Trinajstić information content (AvgIpc) is 2.36. The second-order valence-electron chi connectivity index (χ2n) is 5.02. The van der Waals surface area contributed by atoms with Gasteiger partial charge in [0.15, 0.2) is 6.61 Å². The van der Waals surface area contributed by atoms with Gasteiger partial charge in [-0.2, -0.15) is 0 Å². The van der Waals surface area contributed by atoms with Crippen LogP contribution in [0.15, 0.2) is 22.7 Å². The van der Waals surface area contributed by atoms with E-state index in [-0.39, 0.29) is 24.6 Å². The van der Waals surface area contributed by atoms with Crippen molar-refractivity contribution in [1.29, 1.82) is 0 Å². The Labute approximate surface area is 129 Å². The van der Waals surface area contributed by atoms with Gasteiger partial charge in [-0.1, -0.05) is 35.3 Å². The van der Waals surface area contributed by atoms with Crippen LogP contribution in [0.5, 0.6) is 5.75 Å². The monoisotopic (exact) mass is 342 g/mol. The van der Waals surface area contributed by atoms with E-state index < -0.39 is 0 Å².